The van der Waals surface area contributed by atoms with Crippen LogP contribution in [0.15, 0.2) is 75.0 Å². The van der Waals surface area contributed by atoms with Crippen LogP contribution >= 0.6 is 0 Å². The van der Waals surface area contributed by atoms with Crippen LogP contribution in [-0.4, -0.2) is 21.6 Å². The van der Waals surface area contributed by atoms with Gasteiger partial charge in [-0.15, -0.1) is 0 Å². The number of nitro groups is 1. The van der Waals surface area contributed by atoms with Crippen LogP contribution in [0.25, 0.3) is 21.7 Å². The molecule has 1 aromatic heterocycles. The van der Waals surface area contributed by atoms with Crippen molar-refractivity contribution in [3.8, 4) is 5.75 Å². The lowest BCUT2D eigenvalue weighted by molar-refractivity contribution is -0.384. The average Bonchev–Trinajstić information content (AvgIpc) is 2.75. The van der Waals surface area contributed by atoms with E-state index in [0.717, 1.165) is 10.8 Å². The average molecular weight is 417 g/mol. The monoisotopic (exact) mass is 417 g/mol. The van der Waals surface area contributed by atoms with Crippen LogP contribution < -0.4 is 11.1 Å². The summed E-state index contributed by atoms with van der Waals surface area (Å²) >= 11 is 0. The number of nitrogens with one attached hydrogen (secondary N) is 1. The van der Waals surface area contributed by atoms with Crippen LogP contribution in [0.3, 0.4) is 0 Å². The van der Waals surface area contributed by atoms with Gasteiger partial charge in [0.1, 0.15) is 11.3 Å². The van der Waals surface area contributed by atoms with E-state index in [9.17, 15) is 24.8 Å². The number of hydrazone groups is 1. The Labute approximate surface area is 174 Å². The van der Waals surface area contributed by atoms with E-state index < -0.39 is 16.5 Å². The summed E-state index contributed by atoms with van der Waals surface area (Å²) in [6, 6.07) is 15.5. The minimum atomic E-state index is -0.703. The number of aromatic hydroxyl groups is 1. The third kappa shape index (κ3) is 3.84. The van der Waals surface area contributed by atoms with Crippen LogP contribution in [0, 0.1) is 10.1 Å². The molecule has 0 aliphatic heterocycles. The number of benzene rings is 3. The number of phenolic OH excluding ortho intramolecular Hbond substituents is 1. The van der Waals surface area contributed by atoms with Gasteiger partial charge in [0, 0.05) is 17.5 Å². The zero-order chi connectivity index (χ0) is 22.1. The summed E-state index contributed by atoms with van der Waals surface area (Å²) in [4.78, 5) is 35.2. The van der Waals surface area contributed by atoms with Gasteiger partial charge in [0.2, 0.25) is 0 Å². The van der Waals surface area contributed by atoms with Gasteiger partial charge in [0.15, 0.2) is 0 Å². The molecule has 0 bridgehead atoms. The van der Waals surface area contributed by atoms with Crippen LogP contribution in [-0.2, 0) is 0 Å². The van der Waals surface area contributed by atoms with Gasteiger partial charge >= 0.3 is 5.63 Å². The Hall–Kier alpha value is -4.53. The molecule has 0 saturated carbocycles. The lowest BCUT2D eigenvalue weighted by Crippen LogP contribution is -2.21. The number of amides is 1. The van der Waals surface area contributed by atoms with Crippen molar-refractivity contribution in [1.29, 1.82) is 0 Å². The zero-order valence-electron chi connectivity index (χ0n) is 16.2. The summed E-state index contributed by atoms with van der Waals surface area (Å²) in [6.07, 6.45) is 0. The molecule has 2 N–H and O–H groups in total. The van der Waals surface area contributed by atoms with E-state index in [0.29, 0.717) is 5.39 Å². The lowest BCUT2D eigenvalue weighted by atomic mass is 10.1. The van der Waals surface area contributed by atoms with Crippen LogP contribution in [0.4, 0.5) is 5.69 Å². The van der Waals surface area contributed by atoms with Gasteiger partial charge in [-0.2, -0.15) is 5.10 Å². The van der Waals surface area contributed by atoms with Crippen LogP contribution in [0.2, 0.25) is 0 Å². The highest BCUT2D eigenvalue weighted by atomic mass is 16.6. The Morgan fingerprint density at radius 1 is 1.03 bits per heavy atom. The summed E-state index contributed by atoms with van der Waals surface area (Å²) in [5.41, 5.74) is 1.84. The molecule has 0 aliphatic carbocycles. The number of hydrogen-bond acceptors (Lipinski definition) is 7. The minimum Gasteiger partial charge on any atom is -0.507 e. The maximum atomic E-state index is 12.5. The summed E-state index contributed by atoms with van der Waals surface area (Å²) < 4.78 is 5.20. The molecular formula is C22H15N3O6. The number of carbonyl (C=O) groups excluding carboxylic acids is 1. The van der Waals surface area contributed by atoms with E-state index in [1.807, 2.05) is 18.2 Å². The number of phenols is 1. The Balaban J connectivity index is 1.65. The summed E-state index contributed by atoms with van der Waals surface area (Å²) in [5, 5.41) is 27.0. The van der Waals surface area contributed by atoms with Crippen molar-refractivity contribution in [1.82, 2.24) is 5.43 Å². The summed E-state index contributed by atoms with van der Waals surface area (Å²) in [6.45, 7) is 1.48. The van der Waals surface area contributed by atoms with Crippen molar-refractivity contribution in [2.24, 2.45) is 5.10 Å². The van der Waals surface area contributed by atoms with Crippen LogP contribution in [0.1, 0.15) is 22.8 Å². The first-order valence-corrected chi connectivity index (χ1v) is 9.12. The molecule has 1 heterocycles. The largest absolute Gasteiger partial charge is 0.507 e. The Morgan fingerprint density at radius 2 is 1.71 bits per heavy atom. The molecule has 4 aromatic rings. The highest BCUT2D eigenvalue weighted by molar-refractivity contribution is 6.04. The first-order chi connectivity index (χ1) is 14.8. The smallest absolute Gasteiger partial charge is 0.345 e. The molecule has 4 rings (SSSR count). The van der Waals surface area contributed by atoms with Gasteiger partial charge in [0.25, 0.3) is 11.6 Å². The Kier molecular flexibility index (Phi) is 4.92. The topological polar surface area (TPSA) is 135 Å². The predicted octanol–water partition coefficient (Wildman–Crippen LogP) is 3.71. The van der Waals surface area contributed by atoms with E-state index in [1.165, 1.54) is 43.3 Å². The predicted molar refractivity (Wildman–Crippen MR) is 114 cm³/mol. The Bertz CT molecular complexity index is 1460. The normalized spacial score (nSPS) is 11.6. The second-order valence-corrected chi connectivity index (χ2v) is 6.78. The van der Waals surface area contributed by atoms with Crippen molar-refractivity contribution in [2.45, 2.75) is 6.92 Å². The third-order valence-corrected chi connectivity index (χ3v) is 4.75. The highest BCUT2D eigenvalue weighted by Gasteiger charge is 2.15. The van der Waals surface area contributed by atoms with E-state index in [2.05, 4.69) is 10.5 Å². The molecule has 0 fully saturated rings. The molecule has 0 radical (unpaired) electrons. The standard InChI is InChI=1S/C22H15N3O6/c1-12(17-10-15-8-16(25(29)30)6-7-20(15)31-22(17)28)23-24-21(27)18-9-13-4-2-3-5-14(13)11-19(18)26/h2-11,26H,1H3,(H,24,27)/b23-12-. The van der Waals surface area contributed by atoms with Gasteiger partial charge in [0.05, 0.1) is 21.8 Å². The molecule has 9 heteroatoms. The van der Waals surface area contributed by atoms with Crippen molar-refractivity contribution >= 4 is 39.0 Å². The number of hydrogen-bond donors (Lipinski definition) is 2. The quantitative estimate of drug-likeness (QED) is 0.225. The lowest BCUT2D eigenvalue weighted by Gasteiger charge is -2.07. The molecule has 3 aromatic carbocycles. The van der Waals surface area contributed by atoms with Gasteiger partial charge in [-0.3, -0.25) is 14.9 Å². The minimum absolute atomic E-state index is 0.0245. The fraction of sp³-hybridized carbons (Fsp3) is 0.0455. The molecule has 154 valence electrons. The van der Waals surface area contributed by atoms with Crippen molar-refractivity contribution in [3.63, 3.8) is 0 Å². The van der Waals surface area contributed by atoms with E-state index in [-0.39, 0.29) is 33.9 Å². The highest BCUT2D eigenvalue weighted by Crippen LogP contribution is 2.25. The number of rotatable bonds is 4. The molecule has 0 atom stereocenters. The fourth-order valence-electron chi connectivity index (χ4n) is 3.14. The van der Waals surface area contributed by atoms with E-state index in [1.54, 1.807) is 6.07 Å². The van der Waals surface area contributed by atoms with Crippen molar-refractivity contribution < 1.29 is 19.2 Å². The molecule has 31 heavy (non-hydrogen) atoms. The molecule has 9 nitrogen and oxygen atoms in total. The third-order valence-electron chi connectivity index (χ3n) is 4.75. The number of nitrogens with zero attached hydrogens (tertiary/aromatic N) is 2. The molecule has 1 amide bonds. The molecule has 0 unspecified atom stereocenters. The second kappa shape index (κ2) is 7.71. The van der Waals surface area contributed by atoms with E-state index in [4.69, 9.17) is 4.42 Å². The van der Waals surface area contributed by atoms with Gasteiger partial charge in [-0.05, 0) is 42.0 Å². The number of fused-ring (bicyclic) bond motifs is 2. The van der Waals surface area contributed by atoms with Gasteiger partial charge < -0.3 is 9.52 Å². The zero-order valence-corrected chi connectivity index (χ0v) is 16.2. The maximum absolute atomic E-state index is 12.5. The van der Waals surface area contributed by atoms with Gasteiger partial charge in [-0.1, -0.05) is 24.3 Å². The van der Waals surface area contributed by atoms with Gasteiger partial charge in [-0.25, -0.2) is 10.2 Å². The fourth-order valence-corrected chi connectivity index (χ4v) is 3.14. The van der Waals surface area contributed by atoms with E-state index >= 15 is 0 Å². The summed E-state index contributed by atoms with van der Waals surface area (Å²) in [5.74, 6) is -0.870. The Morgan fingerprint density at radius 3 is 2.42 bits per heavy atom. The molecule has 0 aliphatic rings. The van der Waals surface area contributed by atoms with Crippen molar-refractivity contribution in [3.05, 3.63) is 92.3 Å². The molecule has 0 saturated heterocycles. The first kappa shape index (κ1) is 19.8. The SMILES string of the molecule is C/C(=N/NC(=O)c1cc2ccccc2cc1O)c1cc2cc([N+](=O)[O-])ccc2oc1=O. The number of nitro benzene ring substituents is 1. The van der Waals surface area contributed by atoms with Crippen molar-refractivity contribution in [2.75, 3.05) is 0 Å². The molecular weight excluding hydrogens is 402 g/mol. The first-order valence-electron chi connectivity index (χ1n) is 9.12. The number of carbonyl (C=O) groups is 1. The summed E-state index contributed by atoms with van der Waals surface area (Å²) in [7, 11) is 0. The molecule has 0 spiro atoms. The van der Waals surface area contributed by atoms with Crippen LogP contribution in [0.5, 0.6) is 5.75 Å². The second-order valence-electron chi connectivity index (χ2n) is 6.78. The number of non-ortho nitro benzene ring substituents is 1. The maximum Gasteiger partial charge on any atom is 0.345 e.